The average Bonchev–Trinajstić information content (AvgIpc) is 3.25. The lowest BCUT2D eigenvalue weighted by atomic mass is 9.76. The van der Waals surface area contributed by atoms with Crippen LogP contribution in [-0.4, -0.2) is 16.5 Å². The zero-order valence-electron chi connectivity index (χ0n) is 21.4. The van der Waals surface area contributed by atoms with Gasteiger partial charge in [-0.1, -0.05) is 131 Å². The molecule has 1 N–H and O–H groups in total. The fraction of sp³-hybridized carbons (Fsp3) is 0.147. The maximum atomic E-state index is 14.2. The molecule has 4 aromatic rings. The van der Waals surface area contributed by atoms with Crippen molar-refractivity contribution in [1.82, 2.24) is 0 Å². The fourth-order valence-electron chi connectivity index (χ4n) is 5.70. The first-order valence-electron chi connectivity index (χ1n) is 12.9. The van der Waals surface area contributed by atoms with Crippen LogP contribution in [0.5, 0.6) is 0 Å². The Morgan fingerprint density at radius 1 is 0.675 bits per heavy atom. The van der Waals surface area contributed by atoms with E-state index in [0.717, 1.165) is 16.7 Å². The molecule has 1 aliphatic carbocycles. The highest BCUT2D eigenvalue weighted by Crippen LogP contribution is 2.57. The predicted molar refractivity (Wildman–Crippen MR) is 167 cm³/mol. The molecule has 0 spiro atoms. The van der Waals surface area contributed by atoms with Crippen LogP contribution in [0.3, 0.4) is 0 Å². The highest BCUT2D eigenvalue weighted by Gasteiger charge is 2.55. The second-order valence-electron chi connectivity index (χ2n) is 9.96. The van der Waals surface area contributed by atoms with Gasteiger partial charge in [0, 0.05) is 26.0 Å². The lowest BCUT2D eigenvalue weighted by Gasteiger charge is -2.30. The van der Waals surface area contributed by atoms with Crippen molar-refractivity contribution < 1.29 is 9.90 Å². The van der Waals surface area contributed by atoms with E-state index in [1.54, 1.807) is 36.4 Å². The minimum Gasteiger partial charge on any atom is -0.385 e. The number of halogens is 4. The molecule has 5 rings (SSSR count). The summed E-state index contributed by atoms with van der Waals surface area (Å²) in [5.41, 5.74) is 1.55. The van der Waals surface area contributed by atoms with Gasteiger partial charge in [-0.25, -0.2) is 0 Å². The third-order valence-corrected chi connectivity index (χ3v) is 8.92. The van der Waals surface area contributed by atoms with Gasteiger partial charge in [0.05, 0.1) is 11.5 Å². The Hall–Kier alpha value is -2.85. The molecule has 0 aromatic heterocycles. The van der Waals surface area contributed by atoms with Gasteiger partial charge in [0.1, 0.15) is 0 Å². The van der Waals surface area contributed by atoms with E-state index < -0.39 is 17.4 Å². The topological polar surface area (TPSA) is 37.3 Å². The van der Waals surface area contributed by atoms with Gasteiger partial charge < -0.3 is 5.11 Å². The Bertz CT molecular complexity index is 1590. The molecule has 1 fully saturated rings. The number of allylic oxidation sites excluding steroid dienone is 1. The minimum absolute atomic E-state index is 0.245. The largest absolute Gasteiger partial charge is 0.385 e. The zero-order chi connectivity index (χ0) is 28.3. The molecule has 2 nitrogen and oxygen atoms in total. The second kappa shape index (κ2) is 12.3. The van der Waals surface area contributed by atoms with Crippen LogP contribution >= 0.6 is 46.4 Å². The van der Waals surface area contributed by atoms with Crippen molar-refractivity contribution >= 4 is 64.3 Å². The van der Waals surface area contributed by atoms with Crippen LogP contribution in [0.25, 0.3) is 12.2 Å². The highest BCUT2D eigenvalue weighted by molar-refractivity contribution is 6.33. The van der Waals surface area contributed by atoms with Gasteiger partial charge in [-0.05, 0) is 71.0 Å². The first-order valence-corrected chi connectivity index (χ1v) is 14.4. The summed E-state index contributed by atoms with van der Waals surface area (Å²) >= 11 is 26.2. The molecule has 40 heavy (non-hydrogen) atoms. The highest BCUT2D eigenvalue weighted by atomic mass is 35.5. The van der Waals surface area contributed by atoms with Crippen molar-refractivity contribution in [1.29, 1.82) is 0 Å². The van der Waals surface area contributed by atoms with E-state index in [2.05, 4.69) is 0 Å². The number of benzene rings is 4. The number of hydrogen-bond donors (Lipinski definition) is 1. The van der Waals surface area contributed by atoms with Gasteiger partial charge in [-0.2, -0.15) is 0 Å². The summed E-state index contributed by atoms with van der Waals surface area (Å²) in [7, 11) is 0. The molecule has 1 saturated carbocycles. The normalized spacial score (nSPS) is 22.8. The van der Waals surface area contributed by atoms with Crippen LogP contribution in [0.1, 0.15) is 40.5 Å². The smallest absolute Gasteiger partial charge is 0.162 e. The van der Waals surface area contributed by atoms with E-state index >= 15 is 0 Å². The summed E-state index contributed by atoms with van der Waals surface area (Å²) in [6.07, 6.45) is 6.91. The van der Waals surface area contributed by atoms with Crippen LogP contribution in [-0.2, 0) is 4.79 Å². The van der Waals surface area contributed by atoms with E-state index in [4.69, 9.17) is 46.4 Å². The molecule has 1 aliphatic rings. The van der Waals surface area contributed by atoms with Gasteiger partial charge in [-0.3, -0.25) is 4.79 Å². The standard InChI is InChI=1S/C34H26Cl4O2/c35-27-13-5-1-9-22(27)17-18-31(39)33-32(25-12-4-8-16-30(25)38)26(24-11-3-7-15-29(24)37)21-34(33,40)20-19-23-10-2-6-14-28(23)36/h1-20,26,32-33,40H,21H2/b18-17+,20-19+/t26-,32-,33+,34-/m1/s1. The molecule has 0 bridgehead atoms. The molecule has 4 aromatic carbocycles. The molecule has 0 radical (unpaired) electrons. The van der Waals surface area contributed by atoms with Crippen molar-refractivity contribution in [2.24, 2.45) is 5.92 Å². The van der Waals surface area contributed by atoms with Crippen LogP contribution in [0.15, 0.2) is 109 Å². The van der Waals surface area contributed by atoms with Gasteiger partial charge in [-0.15, -0.1) is 0 Å². The van der Waals surface area contributed by atoms with Crippen molar-refractivity contribution in [2.75, 3.05) is 0 Å². The number of carbonyl (C=O) groups excluding carboxylic acids is 1. The Balaban J connectivity index is 1.67. The van der Waals surface area contributed by atoms with Crippen LogP contribution < -0.4 is 0 Å². The molecule has 4 atom stereocenters. The quantitative estimate of drug-likeness (QED) is 0.212. The molecule has 0 amide bonds. The summed E-state index contributed by atoms with van der Waals surface area (Å²) in [5.74, 6) is -1.87. The van der Waals surface area contributed by atoms with Crippen LogP contribution in [0.2, 0.25) is 20.1 Å². The number of carbonyl (C=O) groups is 1. The molecule has 0 unspecified atom stereocenters. The SMILES string of the molecule is O=C(/C=C/c1ccccc1Cl)[C@H]1[C@H](c2ccccc2Cl)[C@@H](c2ccccc2Cl)C[C@]1(O)/C=C/c1ccccc1Cl. The van der Waals surface area contributed by atoms with Crippen molar-refractivity contribution in [2.45, 2.75) is 23.9 Å². The van der Waals surface area contributed by atoms with Crippen molar-refractivity contribution in [3.63, 3.8) is 0 Å². The Kier molecular flexibility index (Phi) is 8.85. The maximum Gasteiger partial charge on any atom is 0.162 e. The van der Waals surface area contributed by atoms with E-state index in [1.807, 2.05) is 78.9 Å². The maximum absolute atomic E-state index is 14.2. The van der Waals surface area contributed by atoms with E-state index in [0.29, 0.717) is 25.7 Å². The predicted octanol–water partition coefficient (Wildman–Crippen LogP) is 9.91. The summed E-state index contributed by atoms with van der Waals surface area (Å²) < 4.78 is 0. The van der Waals surface area contributed by atoms with Crippen molar-refractivity contribution in [3.05, 3.63) is 152 Å². The number of aliphatic hydroxyl groups is 1. The van der Waals surface area contributed by atoms with E-state index in [1.165, 1.54) is 6.08 Å². The lowest BCUT2D eigenvalue weighted by molar-refractivity contribution is -0.123. The molecule has 0 saturated heterocycles. The van der Waals surface area contributed by atoms with Gasteiger partial charge in [0.25, 0.3) is 0 Å². The third-order valence-electron chi connectivity index (χ3n) is 7.54. The molecule has 0 heterocycles. The summed E-state index contributed by atoms with van der Waals surface area (Å²) in [6.45, 7) is 0. The second-order valence-corrected chi connectivity index (χ2v) is 11.6. The van der Waals surface area contributed by atoms with Crippen LogP contribution in [0, 0.1) is 5.92 Å². The molecule has 6 heteroatoms. The van der Waals surface area contributed by atoms with Gasteiger partial charge in [0.15, 0.2) is 5.78 Å². The van der Waals surface area contributed by atoms with E-state index in [9.17, 15) is 9.90 Å². The summed E-state index contributed by atoms with van der Waals surface area (Å²) in [5, 5.41) is 14.5. The minimum atomic E-state index is -1.53. The fourth-order valence-corrected chi connectivity index (χ4v) is 6.63. The molecule has 202 valence electrons. The van der Waals surface area contributed by atoms with Gasteiger partial charge >= 0.3 is 0 Å². The van der Waals surface area contributed by atoms with Crippen molar-refractivity contribution in [3.8, 4) is 0 Å². The first-order chi connectivity index (χ1) is 19.3. The van der Waals surface area contributed by atoms with Gasteiger partial charge in [0.2, 0.25) is 0 Å². The zero-order valence-corrected chi connectivity index (χ0v) is 24.4. The lowest BCUT2D eigenvalue weighted by Crippen LogP contribution is -2.37. The monoisotopic (exact) mass is 606 g/mol. The first kappa shape index (κ1) is 28.7. The average molecular weight is 608 g/mol. The third kappa shape index (κ3) is 5.93. The number of ketones is 1. The molecular formula is C34H26Cl4O2. The van der Waals surface area contributed by atoms with E-state index in [-0.39, 0.29) is 18.1 Å². The Morgan fingerprint density at radius 2 is 1.15 bits per heavy atom. The summed E-state index contributed by atoms with van der Waals surface area (Å²) in [4.78, 5) is 14.2. The van der Waals surface area contributed by atoms with Crippen LogP contribution in [0.4, 0.5) is 0 Å². The summed E-state index contributed by atoms with van der Waals surface area (Å²) in [6, 6.07) is 29.7. The number of rotatable bonds is 7. The Morgan fingerprint density at radius 3 is 1.70 bits per heavy atom. The molecular weight excluding hydrogens is 582 g/mol. The number of hydrogen-bond acceptors (Lipinski definition) is 2. The molecule has 0 aliphatic heterocycles. The Labute approximate surface area is 254 Å².